The van der Waals surface area contributed by atoms with Crippen LogP contribution in [0.3, 0.4) is 0 Å². The highest BCUT2D eigenvalue weighted by Gasteiger charge is 2.45. The number of aliphatic hydroxyl groups excluding tert-OH is 1. The van der Waals surface area contributed by atoms with E-state index >= 15 is 0 Å². The van der Waals surface area contributed by atoms with Crippen LogP contribution in [0.25, 0.3) is 0 Å². The summed E-state index contributed by atoms with van der Waals surface area (Å²) in [7, 11) is 0. The molecule has 0 unspecified atom stereocenters. The minimum absolute atomic E-state index is 0.0603. The van der Waals surface area contributed by atoms with Crippen LogP contribution < -0.4 is 0 Å². The lowest BCUT2D eigenvalue weighted by molar-refractivity contribution is -0.155. The Hall–Kier alpha value is -0.490. The van der Waals surface area contributed by atoms with Crippen molar-refractivity contribution in [1.82, 2.24) is 4.98 Å². The number of aliphatic hydroxyl groups is 1. The SMILES string of the molecule is CC(C)CCCCCCCCCCC[C@H]1OC(C)(C)O[C@H]1[C@@H](O)c1nccs1. The highest BCUT2D eigenvalue weighted by atomic mass is 32.1. The minimum Gasteiger partial charge on any atom is -0.383 e. The molecule has 2 heterocycles. The summed E-state index contributed by atoms with van der Waals surface area (Å²) in [6.07, 6.45) is 14.9. The summed E-state index contributed by atoms with van der Waals surface area (Å²) in [4.78, 5) is 4.24. The summed E-state index contributed by atoms with van der Waals surface area (Å²) in [5.41, 5.74) is 0. The minimum atomic E-state index is -0.706. The first-order chi connectivity index (χ1) is 13.4. The standard InChI is InChI=1S/C23H41NO3S/c1-18(2)14-12-10-8-6-5-7-9-11-13-15-19-21(27-23(3,4)26-19)20(25)22-24-16-17-28-22/h16-21,25H,5-15H2,1-4H3/t19-,20-,21-/m1/s1. The molecule has 28 heavy (non-hydrogen) atoms. The van der Waals surface area contributed by atoms with E-state index in [1.165, 1.54) is 69.1 Å². The van der Waals surface area contributed by atoms with Crippen molar-refractivity contribution in [2.45, 2.75) is 122 Å². The molecule has 0 amide bonds. The smallest absolute Gasteiger partial charge is 0.163 e. The summed E-state index contributed by atoms with van der Waals surface area (Å²) in [5.74, 6) is 0.213. The van der Waals surface area contributed by atoms with E-state index < -0.39 is 11.9 Å². The predicted molar refractivity (Wildman–Crippen MR) is 117 cm³/mol. The van der Waals surface area contributed by atoms with Gasteiger partial charge in [0, 0.05) is 11.6 Å². The Bertz CT molecular complexity index is 518. The van der Waals surface area contributed by atoms with Gasteiger partial charge in [-0.1, -0.05) is 78.1 Å². The summed E-state index contributed by atoms with van der Waals surface area (Å²) < 4.78 is 12.1. The quantitative estimate of drug-likeness (QED) is 0.348. The molecule has 1 fully saturated rings. The zero-order valence-corrected chi connectivity index (χ0v) is 19.2. The van der Waals surface area contributed by atoms with E-state index in [9.17, 15) is 5.11 Å². The maximum Gasteiger partial charge on any atom is 0.163 e. The molecule has 3 atom stereocenters. The third-order valence-corrected chi connectivity index (χ3v) is 6.35. The molecule has 162 valence electrons. The highest BCUT2D eigenvalue weighted by Crippen LogP contribution is 2.37. The molecule has 1 aromatic heterocycles. The maximum absolute atomic E-state index is 10.6. The van der Waals surface area contributed by atoms with Crippen LogP contribution in [0.1, 0.15) is 109 Å². The van der Waals surface area contributed by atoms with Gasteiger partial charge in [-0.15, -0.1) is 11.3 Å². The monoisotopic (exact) mass is 411 g/mol. The van der Waals surface area contributed by atoms with Gasteiger partial charge in [0.25, 0.3) is 0 Å². The Morgan fingerprint density at radius 1 is 1.00 bits per heavy atom. The fraction of sp³-hybridized carbons (Fsp3) is 0.870. The molecule has 5 heteroatoms. The number of aromatic nitrogens is 1. The van der Waals surface area contributed by atoms with Crippen LogP contribution in [0.5, 0.6) is 0 Å². The van der Waals surface area contributed by atoms with Crippen molar-refractivity contribution < 1.29 is 14.6 Å². The van der Waals surface area contributed by atoms with E-state index in [1.807, 2.05) is 19.2 Å². The molecule has 1 saturated heterocycles. The van der Waals surface area contributed by atoms with Gasteiger partial charge in [-0.2, -0.15) is 0 Å². The van der Waals surface area contributed by atoms with E-state index in [4.69, 9.17) is 9.47 Å². The lowest BCUT2D eigenvalue weighted by atomic mass is 10.0. The van der Waals surface area contributed by atoms with Crippen LogP contribution in [0.2, 0.25) is 0 Å². The third-order valence-electron chi connectivity index (χ3n) is 5.51. The Morgan fingerprint density at radius 2 is 1.61 bits per heavy atom. The van der Waals surface area contributed by atoms with Crippen molar-refractivity contribution in [3.8, 4) is 0 Å². The number of unbranched alkanes of at least 4 members (excludes halogenated alkanes) is 8. The van der Waals surface area contributed by atoms with Gasteiger partial charge < -0.3 is 14.6 Å². The number of ether oxygens (including phenoxy) is 2. The summed E-state index contributed by atoms with van der Waals surface area (Å²) in [6, 6.07) is 0. The fourth-order valence-electron chi connectivity index (χ4n) is 4.01. The molecule has 0 bridgehead atoms. The van der Waals surface area contributed by atoms with Gasteiger partial charge in [-0.3, -0.25) is 0 Å². The average molecular weight is 412 g/mol. The van der Waals surface area contributed by atoms with Gasteiger partial charge in [0.1, 0.15) is 17.2 Å². The van der Waals surface area contributed by atoms with Crippen LogP contribution in [0, 0.1) is 5.92 Å². The molecule has 0 aliphatic carbocycles. The molecule has 0 saturated carbocycles. The second-order valence-electron chi connectivity index (χ2n) is 9.11. The van der Waals surface area contributed by atoms with Crippen LogP contribution >= 0.6 is 11.3 Å². The zero-order valence-electron chi connectivity index (χ0n) is 18.4. The molecule has 1 aromatic rings. The Kier molecular flexibility index (Phi) is 10.4. The Balaban J connectivity index is 1.57. The molecule has 2 rings (SSSR count). The molecule has 1 aliphatic rings. The van der Waals surface area contributed by atoms with Gasteiger partial charge in [-0.25, -0.2) is 4.98 Å². The number of rotatable bonds is 14. The van der Waals surface area contributed by atoms with E-state index in [-0.39, 0.29) is 12.2 Å². The molecule has 0 radical (unpaired) electrons. The van der Waals surface area contributed by atoms with Crippen LogP contribution in [-0.4, -0.2) is 28.1 Å². The van der Waals surface area contributed by atoms with Gasteiger partial charge >= 0.3 is 0 Å². The largest absolute Gasteiger partial charge is 0.383 e. The number of nitrogens with zero attached hydrogens (tertiary/aromatic N) is 1. The van der Waals surface area contributed by atoms with Crippen LogP contribution in [0.4, 0.5) is 0 Å². The van der Waals surface area contributed by atoms with Crippen LogP contribution in [-0.2, 0) is 9.47 Å². The molecule has 0 spiro atoms. The normalized spacial score (nSPS) is 22.8. The molecule has 1 N–H and O–H groups in total. The average Bonchev–Trinajstić information content (AvgIpc) is 3.26. The van der Waals surface area contributed by atoms with Crippen LogP contribution in [0.15, 0.2) is 11.6 Å². The second-order valence-corrected chi connectivity index (χ2v) is 10.0. The first kappa shape index (κ1) is 23.8. The van der Waals surface area contributed by atoms with E-state index in [0.717, 1.165) is 18.8 Å². The van der Waals surface area contributed by atoms with Crippen molar-refractivity contribution in [2.24, 2.45) is 5.92 Å². The lowest BCUT2D eigenvalue weighted by Crippen LogP contribution is -2.29. The van der Waals surface area contributed by atoms with Gasteiger partial charge in [0.05, 0.1) is 6.10 Å². The summed E-state index contributed by atoms with van der Waals surface area (Å²) in [6.45, 7) is 8.48. The molecular formula is C23H41NO3S. The second kappa shape index (κ2) is 12.3. The number of hydrogen-bond donors (Lipinski definition) is 1. The lowest BCUT2D eigenvalue weighted by Gasteiger charge is -2.21. The van der Waals surface area contributed by atoms with Crippen molar-refractivity contribution >= 4 is 11.3 Å². The van der Waals surface area contributed by atoms with Crippen molar-refractivity contribution in [3.05, 3.63) is 16.6 Å². The molecular weight excluding hydrogens is 370 g/mol. The zero-order chi connectivity index (χ0) is 20.4. The summed E-state index contributed by atoms with van der Waals surface area (Å²) in [5, 5.41) is 13.2. The van der Waals surface area contributed by atoms with Crippen molar-refractivity contribution in [1.29, 1.82) is 0 Å². The van der Waals surface area contributed by atoms with Crippen molar-refractivity contribution in [3.63, 3.8) is 0 Å². The topological polar surface area (TPSA) is 51.6 Å². The number of thiazole rings is 1. The first-order valence-corrected chi connectivity index (χ1v) is 12.2. The van der Waals surface area contributed by atoms with Gasteiger partial charge in [0.2, 0.25) is 0 Å². The first-order valence-electron chi connectivity index (χ1n) is 11.3. The van der Waals surface area contributed by atoms with E-state index in [2.05, 4.69) is 18.8 Å². The highest BCUT2D eigenvalue weighted by molar-refractivity contribution is 7.09. The predicted octanol–water partition coefficient (Wildman–Crippen LogP) is 6.64. The summed E-state index contributed by atoms with van der Waals surface area (Å²) >= 11 is 1.47. The maximum atomic E-state index is 10.6. The molecule has 4 nitrogen and oxygen atoms in total. The third kappa shape index (κ3) is 8.48. The molecule has 0 aromatic carbocycles. The van der Waals surface area contributed by atoms with E-state index in [1.54, 1.807) is 6.20 Å². The van der Waals surface area contributed by atoms with Crippen molar-refractivity contribution in [2.75, 3.05) is 0 Å². The Morgan fingerprint density at radius 3 is 2.18 bits per heavy atom. The molecule has 1 aliphatic heterocycles. The van der Waals surface area contributed by atoms with E-state index in [0.29, 0.717) is 5.01 Å². The van der Waals surface area contributed by atoms with Gasteiger partial charge in [0.15, 0.2) is 5.79 Å². The fourth-order valence-corrected chi connectivity index (χ4v) is 4.67. The number of hydrogen-bond acceptors (Lipinski definition) is 5. The van der Waals surface area contributed by atoms with Gasteiger partial charge in [-0.05, 0) is 26.2 Å². The Labute approximate surface area is 176 Å².